The second kappa shape index (κ2) is 7.05. The van der Waals surface area contributed by atoms with E-state index in [0.29, 0.717) is 5.92 Å². The highest BCUT2D eigenvalue weighted by molar-refractivity contribution is 5.15. The first-order chi connectivity index (χ1) is 7.76. The molecule has 0 aromatic heterocycles. The van der Waals surface area contributed by atoms with Crippen molar-refractivity contribution in [2.24, 2.45) is 5.92 Å². The minimum absolute atomic E-state index is 0.577. The van der Waals surface area contributed by atoms with Crippen molar-refractivity contribution in [3.05, 3.63) is 60.7 Å². The van der Waals surface area contributed by atoms with Crippen molar-refractivity contribution in [3.63, 3.8) is 0 Å². The van der Waals surface area contributed by atoms with Crippen molar-refractivity contribution in [1.82, 2.24) is 0 Å². The first-order valence-corrected chi connectivity index (χ1v) is 6.09. The molecular weight excluding hydrogens is 192 g/mol. The molecule has 0 aliphatic heterocycles. The van der Waals surface area contributed by atoms with Gasteiger partial charge in [0, 0.05) is 0 Å². The van der Waals surface area contributed by atoms with E-state index in [9.17, 15) is 0 Å². The van der Waals surface area contributed by atoms with E-state index in [1.807, 2.05) is 0 Å². The molecule has 0 amide bonds. The lowest BCUT2D eigenvalue weighted by Crippen LogP contribution is -2.00. The Bertz CT molecular complexity index is 321. The molecule has 0 radical (unpaired) electrons. The number of rotatable bonds is 7. The van der Waals surface area contributed by atoms with E-state index in [-0.39, 0.29) is 0 Å². The van der Waals surface area contributed by atoms with Crippen LogP contribution in [0.5, 0.6) is 0 Å². The van der Waals surface area contributed by atoms with Crippen molar-refractivity contribution in [2.45, 2.75) is 32.6 Å². The molecule has 1 atom stereocenters. The zero-order valence-corrected chi connectivity index (χ0v) is 10.3. The number of aryl methyl sites for hydroxylation is 1. The Morgan fingerprint density at radius 3 is 2.56 bits per heavy atom. The predicted molar refractivity (Wildman–Crippen MR) is 72.5 cm³/mol. The van der Waals surface area contributed by atoms with Gasteiger partial charge in [0.05, 0.1) is 0 Å². The molecule has 1 rings (SSSR count). The molecule has 16 heavy (non-hydrogen) atoms. The van der Waals surface area contributed by atoms with Gasteiger partial charge in [0.1, 0.15) is 0 Å². The van der Waals surface area contributed by atoms with Gasteiger partial charge in [-0.3, -0.25) is 0 Å². The third kappa shape index (κ3) is 4.48. The summed E-state index contributed by atoms with van der Waals surface area (Å²) >= 11 is 0. The van der Waals surface area contributed by atoms with Gasteiger partial charge in [-0.15, -0.1) is 6.58 Å². The van der Waals surface area contributed by atoms with E-state index in [4.69, 9.17) is 0 Å². The summed E-state index contributed by atoms with van der Waals surface area (Å²) in [4.78, 5) is 0. The fraction of sp³-hybridized carbons (Fsp3) is 0.375. The molecular formula is C16H22. The van der Waals surface area contributed by atoms with Crippen molar-refractivity contribution in [1.29, 1.82) is 0 Å². The summed E-state index contributed by atoms with van der Waals surface area (Å²) in [6.07, 6.45) is 6.55. The lowest BCUT2D eigenvalue weighted by atomic mass is 9.93. The average molecular weight is 214 g/mol. The smallest absolute Gasteiger partial charge is 0.0196 e. The van der Waals surface area contributed by atoms with Crippen molar-refractivity contribution in [2.75, 3.05) is 0 Å². The summed E-state index contributed by atoms with van der Waals surface area (Å²) in [5.41, 5.74) is 2.74. The molecule has 0 saturated carbocycles. The van der Waals surface area contributed by atoms with E-state index < -0.39 is 0 Å². The molecule has 0 fully saturated rings. The Morgan fingerprint density at radius 1 is 1.31 bits per heavy atom. The number of hydrogen-bond donors (Lipinski definition) is 0. The van der Waals surface area contributed by atoms with Gasteiger partial charge in [0.25, 0.3) is 0 Å². The molecule has 0 aliphatic carbocycles. The molecule has 0 heterocycles. The molecule has 0 heteroatoms. The summed E-state index contributed by atoms with van der Waals surface area (Å²) in [6.45, 7) is 10.2. The van der Waals surface area contributed by atoms with E-state index in [1.54, 1.807) is 0 Å². The van der Waals surface area contributed by atoms with Crippen LogP contribution in [-0.2, 0) is 6.42 Å². The van der Waals surface area contributed by atoms with Gasteiger partial charge in [0.2, 0.25) is 0 Å². The molecule has 0 unspecified atom stereocenters. The minimum Gasteiger partial charge on any atom is -0.103 e. The summed E-state index contributed by atoms with van der Waals surface area (Å²) < 4.78 is 0. The minimum atomic E-state index is 0.577. The molecule has 1 aromatic rings. The van der Waals surface area contributed by atoms with Crippen LogP contribution in [0.15, 0.2) is 55.1 Å². The number of hydrogen-bond acceptors (Lipinski definition) is 0. The first-order valence-electron chi connectivity index (χ1n) is 6.09. The molecule has 0 spiro atoms. The lowest BCUT2D eigenvalue weighted by Gasteiger charge is -2.13. The molecule has 0 bridgehead atoms. The fourth-order valence-corrected chi connectivity index (χ4v) is 1.82. The SMILES string of the molecule is C=C[C@H](CCc1ccccc1)CC(=C)CC. The summed E-state index contributed by atoms with van der Waals surface area (Å²) in [6, 6.07) is 10.6. The fourth-order valence-electron chi connectivity index (χ4n) is 1.82. The monoisotopic (exact) mass is 214 g/mol. The van der Waals surface area contributed by atoms with Gasteiger partial charge >= 0.3 is 0 Å². The summed E-state index contributed by atoms with van der Waals surface area (Å²) in [7, 11) is 0. The molecule has 86 valence electrons. The van der Waals surface area contributed by atoms with Gasteiger partial charge in [-0.1, -0.05) is 55.5 Å². The van der Waals surface area contributed by atoms with Crippen LogP contribution < -0.4 is 0 Å². The normalized spacial score (nSPS) is 12.1. The van der Waals surface area contributed by atoms with Crippen LogP contribution in [0.2, 0.25) is 0 Å². The highest BCUT2D eigenvalue weighted by atomic mass is 14.1. The van der Waals surface area contributed by atoms with Crippen molar-refractivity contribution in [3.8, 4) is 0 Å². The maximum atomic E-state index is 4.07. The van der Waals surface area contributed by atoms with Crippen LogP contribution in [0, 0.1) is 5.92 Å². The van der Waals surface area contributed by atoms with Crippen LogP contribution in [-0.4, -0.2) is 0 Å². The Hall–Kier alpha value is -1.30. The standard InChI is InChI=1S/C16H22/c1-4-14(3)13-15(5-2)11-12-16-9-7-6-8-10-16/h5-10,15H,2-4,11-13H2,1H3/t15-/m1/s1. The van der Waals surface area contributed by atoms with Gasteiger partial charge in [-0.25, -0.2) is 0 Å². The largest absolute Gasteiger partial charge is 0.103 e. The van der Waals surface area contributed by atoms with Gasteiger partial charge in [-0.05, 0) is 37.2 Å². The maximum absolute atomic E-state index is 4.07. The van der Waals surface area contributed by atoms with E-state index in [0.717, 1.165) is 19.3 Å². The quantitative estimate of drug-likeness (QED) is 0.573. The number of benzene rings is 1. The Kier molecular flexibility index (Phi) is 5.63. The van der Waals surface area contributed by atoms with Crippen LogP contribution in [0.3, 0.4) is 0 Å². The highest BCUT2D eigenvalue weighted by Gasteiger charge is 2.05. The summed E-state index contributed by atoms with van der Waals surface area (Å²) in [5, 5.41) is 0. The third-order valence-corrected chi connectivity index (χ3v) is 3.03. The van der Waals surface area contributed by atoms with Crippen LogP contribution in [0.1, 0.15) is 31.7 Å². The third-order valence-electron chi connectivity index (χ3n) is 3.03. The average Bonchev–Trinajstić information content (AvgIpc) is 2.35. The zero-order chi connectivity index (χ0) is 11.8. The molecule has 0 saturated heterocycles. The van der Waals surface area contributed by atoms with E-state index in [2.05, 4.69) is 56.5 Å². The van der Waals surface area contributed by atoms with Crippen molar-refractivity contribution < 1.29 is 0 Å². The van der Waals surface area contributed by atoms with Crippen molar-refractivity contribution >= 4 is 0 Å². The van der Waals surface area contributed by atoms with E-state index >= 15 is 0 Å². The maximum Gasteiger partial charge on any atom is -0.0196 e. The Balaban J connectivity index is 2.40. The summed E-state index contributed by atoms with van der Waals surface area (Å²) in [5.74, 6) is 0.577. The Morgan fingerprint density at radius 2 is 2.00 bits per heavy atom. The van der Waals surface area contributed by atoms with Gasteiger partial charge in [-0.2, -0.15) is 0 Å². The van der Waals surface area contributed by atoms with Gasteiger partial charge < -0.3 is 0 Å². The molecule has 1 aromatic carbocycles. The van der Waals surface area contributed by atoms with Crippen LogP contribution >= 0.6 is 0 Å². The van der Waals surface area contributed by atoms with Crippen LogP contribution in [0.25, 0.3) is 0 Å². The number of allylic oxidation sites excluding steroid dienone is 2. The molecule has 0 aliphatic rings. The topological polar surface area (TPSA) is 0 Å². The van der Waals surface area contributed by atoms with E-state index in [1.165, 1.54) is 17.6 Å². The predicted octanol–water partition coefficient (Wildman–Crippen LogP) is 4.78. The lowest BCUT2D eigenvalue weighted by molar-refractivity contribution is 0.579. The first kappa shape index (κ1) is 12.8. The second-order valence-corrected chi connectivity index (χ2v) is 4.33. The zero-order valence-electron chi connectivity index (χ0n) is 10.3. The Labute approximate surface area is 99.7 Å². The highest BCUT2D eigenvalue weighted by Crippen LogP contribution is 2.19. The van der Waals surface area contributed by atoms with Gasteiger partial charge in [0.15, 0.2) is 0 Å². The molecule has 0 N–H and O–H groups in total. The molecule has 0 nitrogen and oxygen atoms in total. The van der Waals surface area contributed by atoms with Crippen LogP contribution in [0.4, 0.5) is 0 Å². The second-order valence-electron chi connectivity index (χ2n) is 4.33.